The number of amides is 3. The average molecular weight is 994 g/mol. The van der Waals surface area contributed by atoms with Crippen LogP contribution < -0.4 is 14.7 Å². The van der Waals surface area contributed by atoms with Crippen molar-refractivity contribution in [2.45, 2.75) is 78.8 Å². The van der Waals surface area contributed by atoms with Gasteiger partial charge in [0.1, 0.15) is 61.6 Å². The number of nitrogens with one attached hydrogen (secondary N) is 3. The number of rotatable bonds is 9. The monoisotopic (exact) mass is 994 g/mol. The van der Waals surface area contributed by atoms with E-state index in [1.165, 1.54) is 40.7 Å². The first-order valence-electron chi connectivity index (χ1n) is 30.4. The van der Waals surface area contributed by atoms with Gasteiger partial charge in [0.05, 0.1) is 39.7 Å². The van der Waals surface area contributed by atoms with Gasteiger partial charge in [-0.15, -0.1) is 0 Å². The maximum Gasteiger partial charge on any atom is 0.302 e. The molecule has 6 aromatic rings. The smallest absolute Gasteiger partial charge is 0.302 e. The van der Waals surface area contributed by atoms with Crippen LogP contribution in [0.4, 0.5) is 17.5 Å². The fourth-order valence-corrected chi connectivity index (χ4v) is 9.02. The number of hydrogen-bond acceptors (Lipinski definition) is 12. The van der Waals surface area contributed by atoms with Crippen LogP contribution in [0.3, 0.4) is 0 Å². The van der Waals surface area contributed by atoms with Gasteiger partial charge in [0, 0.05) is 84.3 Å². The van der Waals surface area contributed by atoms with Crippen LogP contribution >= 0.6 is 0 Å². The van der Waals surface area contributed by atoms with Crippen LogP contribution in [0, 0.1) is 58.2 Å². The van der Waals surface area contributed by atoms with Gasteiger partial charge >= 0.3 is 17.7 Å². The Kier molecular flexibility index (Phi) is 11.2. The summed E-state index contributed by atoms with van der Waals surface area (Å²) in [5.74, 6) is -4.84. The number of aromatic amines is 3. The van der Waals surface area contributed by atoms with Crippen molar-refractivity contribution in [2.24, 2.45) is 17.7 Å². The number of fused-ring (bicyclic) bond motifs is 3. The Balaban J connectivity index is 0.000000187. The predicted molar refractivity (Wildman–Crippen MR) is 278 cm³/mol. The quantitative estimate of drug-likeness (QED) is 0.152. The van der Waals surface area contributed by atoms with Crippen LogP contribution in [0.2, 0.25) is 0 Å². The summed E-state index contributed by atoms with van der Waals surface area (Å²) >= 11 is 0. The third-order valence-corrected chi connectivity index (χ3v) is 12.9. The van der Waals surface area contributed by atoms with Gasteiger partial charge in [-0.1, -0.05) is 20.7 Å². The first-order chi connectivity index (χ1) is 40.3. The van der Waals surface area contributed by atoms with E-state index in [1.807, 2.05) is 6.92 Å². The molecule has 9 heterocycles. The van der Waals surface area contributed by atoms with E-state index in [9.17, 15) is 14.4 Å². The third-order valence-electron chi connectivity index (χ3n) is 12.9. The second-order valence-electron chi connectivity index (χ2n) is 17.7. The van der Waals surface area contributed by atoms with Crippen molar-refractivity contribution in [1.29, 1.82) is 0 Å². The standard InChI is InChI=1S/3C17H22N6O/c3*1-11-5-6-23(15(24)8-18-3)9-14(11)22(4)17-13-7-12(2)21-16(13)19-10-20-17/h3*7,10-11,14H,5-6,8-9H2,1-2,4H3,(H,19,20,21)/t3*11-,14+/m111/s1/i1D3,7D,8D2,11D;7D,8D2,14D;7D,8D2,11D. The number of nitrogens with zero attached hydrogens (tertiary/aromatic N) is 15. The van der Waals surface area contributed by atoms with E-state index < -0.39 is 74.0 Å². The lowest BCUT2D eigenvalue weighted by Gasteiger charge is -2.41. The Hall–Kier alpha value is -7.86. The molecule has 3 N–H and O–H groups in total. The van der Waals surface area contributed by atoms with Crippen LogP contribution in [-0.4, -0.2) is 175 Å². The number of likely N-dealkylation sites (N-methyl/N-ethyl adjacent to an activating group) is 3. The van der Waals surface area contributed by atoms with Crippen molar-refractivity contribution >= 4 is 68.3 Å². The van der Waals surface area contributed by atoms with Crippen LogP contribution in [0.5, 0.6) is 0 Å². The van der Waals surface area contributed by atoms with E-state index in [4.69, 9.17) is 40.3 Å². The van der Waals surface area contributed by atoms with Gasteiger partial charge in [0.25, 0.3) is 19.5 Å². The first kappa shape index (κ1) is 35.3. The summed E-state index contributed by atoms with van der Waals surface area (Å²) in [6, 6.07) is -2.24. The molecule has 3 aliphatic rings. The Morgan fingerprint density at radius 3 is 1.39 bits per heavy atom. The summed E-state index contributed by atoms with van der Waals surface area (Å²) < 4.78 is 121. The molecule has 378 valence electrons. The number of carbonyl (C=O) groups excluding carboxylic acids is 3. The molecule has 21 heteroatoms. The van der Waals surface area contributed by atoms with Gasteiger partial charge in [0.2, 0.25) is 0 Å². The van der Waals surface area contributed by atoms with Crippen LogP contribution in [0.25, 0.3) is 47.6 Å². The van der Waals surface area contributed by atoms with Crippen molar-refractivity contribution < 1.29 is 34.9 Å². The van der Waals surface area contributed by atoms with E-state index in [2.05, 4.69) is 59.4 Å². The molecule has 72 heavy (non-hydrogen) atoms. The second-order valence-corrected chi connectivity index (χ2v) is 17.7. The maximum absolute atomic E-state index is 12.5. The molecule has 3 saturated heterocycles. The zero-order valence-corrected chi connectivity index (χ0v) is 41.3. The highest BCUT2D eigenvalue weighted by Crippen LogP contribution is 2.32. The minimum Gasteiger partial charge on any atom is -0.354 e. The number of hydrogen-bond donors (Lipinski definition) is 3. The molecule has 3 fully saturated rings. The molecular weight excluding hydrogens is 913 g/mol. The fraction of sp³-hybridized carbons (Fsp3) is 0.529. The minimum atomic E-state index is -2.78. The van der Waals surface area contributed by atoms with Crippen molar-refractivity contribution in [3.8, 4) is 0 Å². The molecule has 3 aliphatic heterocycles. The Morgan fingerprint density at radius 1 is 0.625 bits per heavy atom. The molecule has 0 aromatic carbocycles. The zero-order chi connectivity index (χ0) is 65.1. The Bertz CT molecular complexity index is 3760. The molecule has 0 aliphatic carbocycles. The topological polar surface area (TPSA) is 208 Å². The molecule has 9 rings (SSSR count). The summed E-state index contributed by atoms with van der Waals surface area (Å²) in [4.78, 5) is 88.5. The lowest BCUT2D eigenvalue weighted by atomic mass is 9.92. The van der Waals surface area contributed by atoms with Gasteiger partial charge in [-0.2, -0.15) is 0 Å². The summed E-state index contributed by atoms with van der Waals surface area (Å²) in [6.07, 6.45) is 4.58. The largest absolute Gasteiger partial charge is 0.354 e. The van der Waals surface area contributed by atoms with Gasteiger partial charge in [0.15, 0.2) is 0 Å². The Morgan fingerprint density at radius 2 is 0.986 bits per heavy atom. The van der Waals surface area contributed by atoms with Gasteiger partial charge < -0.3 is 58.9 Å². The van der Waals surface area contributed by atoms with Crippen molar-refractivity contribution in [2.75, 3.05) is 94.6 Å². The van der Waals surface area contributed by atoms with Crippen LogP contribution in [0.15, 0.2) is 37.1 Å². The summed E-state index contributed by atoms with van der Waals surface area (Å²) in [7, 11) is 4.96. The molecular formula is C51H66N18O3. The molecule has 0 spiro atoms. The number of anilines is 3. The third kappa shape index (κ3) is 11.5. The lowest BCUT2D eigenvalue weighted by Crippen LogP contribution is -2.53. The van der Waals surface area contributed by atoms with Gasteiger partial charge in [-0.25, -0.2) is 49.6 Å². The molecule has 3 amide bonds. The second kappa shape index (κ2) is 22.9. The number of aryl methyl sites for hydroxylation is 3. The SMILES string of the molecule is [2H]c1c(C)[nH]c2ncnc(N(C)[C@@]3([2H])CN(C(=O)C([2H])([2H])[N+]#[C-])CC[C@H]3C)c12.[2H]c1c(C)[nH]c2ncnc(N(C)[C@H]3CN(C(=O)C([2H])([2H])[N+]#[C-])CC[C@@]3([2H])C([2H])([2H])[2H])c12.[2H]c1c(C)[nH]c2ncnc(N(C)[C@H]3CN(C(=O)C([2H])([2H])[N+]#[C-])CC[C@@]3([2H])C)c12. The Labute approximate surface area is 441 Å². The summed E-state index contributed by atoms with van der Waals surface area (Å²) in [6.45, 7) is 19.0. The van der Waals surface area contributed by atoms with Gasteiger partial charge in [-0.05, 0) is 75.9 Å². The molecule has 6 atom stereocenters. The number of likely N-dealkylation sites (tertiary alicyclic amines) is 3. The average Bonchev–Trinajstić information content (AvgIpc) is 1.57. The van der Waals surface area contributed by atoms with E-state index >= 15 is 0 Å². The van der Waals surface area contributed by atoms with Crippen LogP contribution in [-0.2, 0) is 14.4 Å². The molecule has 0 radical (unpaired) electrons. The summed E-state index contributed by atoms with van der Waals surface area (Å²) in [5, 5.41) is 1.40. The predicted octanol–water partition coefficient (Wildman–Crippen LogP) is 5.58. The fourth-order valence-electron chi connectivity index (χ4n) is 9.02. The number of aromatic nitrogens is 9. The van der Waals surface area contributed by atoms with E-state index in [0.29, 0.717) is 74.7 Å². The highest BCUT2D eigenvalue weighted by molar-refractivity contribution is 5.90. The number of carbonyl (C=O) groups is 3. The van der Waals surface area contributed by atoms with E-state index in [0.717, 1.165) is 4.90 Å². The molecule has 21 nitrogen and oxygen atoms in total. The van der Waals surface area contributed by atoms with Crippen molar-refractivity contribution in [3.05, 3.63) is 88.4 Å². The van der Waals surface area contributed by atoms with E-state index in [-0.39, 0.29) is 75.6 Å². The molecule has 0 bridgehead atoms. The van der Waals surface area contributed by atoms with E-state index in [1.54, 1.807) is 51.6 Å². The maximum atomic E-state index is 12.5. The van der Waals surface area contributed by atoms with Crippen molar-refractivity contribution in [3.63, 3.8) is 0 Å². The molecule has 0 unspecified atom stereocenters. The summed E-state index contributed by atoms with van der Waals surface area (Å²) in [5.41, 5.74) is 3.26. The zero-order valence-electron chi connectivity index (χ0n) is 56.3. The lowest BCUT2D eigenvalue weighted by molar-refractivity contribution is -0.131. The van der Waals surface area contributed by atoms with Crippen molar-refractivity contribution in [1.82, 2.24) is 59.6 Å². The van der Waals surface area contributed by atoms with Gasteiger partial charge in [-0.3, -0.25) is 14.4 Å². The molecule has 6 aromatic heterocycles. The van der Waals surface area contributed by atoms with Crippen LogP contribution in [0.1, 0.15) is 77.6 Å². The first-order valence-corrected chi connectivity index (χ1v) is 22.9. The number of piperidine rings is 3. The number of H-pyrrole nitrogens is 3. The minimum absolute atomic E-state index is 0.0687. The molecule has 0 saturated carbocycles. The highest BCUT2D eigenvalue weighted by Gasteiger charge is 2.36. The normalized spacial score (nSPS) is 27.7. The highest BCUT2D eigenvalue weighted by atomic mass is 16.2.